The Morgan fingerprint density at radius 2 is 1.75 bits per heavy atom. The van der Waals surface area contributed by atoms with Crippen molar-refractivity contribution in [2.75, 3.05) is 17.3 Å². The van der Waals surface area contributed by atoms with Crippen molar-refractivity contribution < 1.29 is 0 Å². The zero-order valence-electron chi connectivity index (χ0n) is 7.46. The van der Waals surface area contributed by atoms with Crippen LogP contribution < -0.4 is 0 Å². The maximum absolute atomic E-state index is 3.14. The third-order valence-electron chi connectivity index (χ3n) is 0.802. The third kappa shape index (κ3) is 11.0. The predicted octanol–water partition coefficient (Wildman–Crippen LogP) is 4.14. The summed E-state index contributed by atoms with van der Waals surface area (Å²) in [5.74, 6) is 6.62. The molecule has 70 valence electrons. The van der Waals surface area contributed by atoms with Gasteiger partial charge in [0.25, 0.3) is 0 Å². The first-order chi connectivity index (χ1) is 5.91. The Bertz CT molecular complexity index is 136. The van der Waals surface area contributed by atoms with E-state index in [2.05, 4.69) is 25.0 Å². The molecule has 0 saturated heterocycles. The minimum absolute atomic E-state index is 1.02. The van der Waals surface area contributed by atoms with Gasteiger partial charge in [-0.25, -0.2) is 0 Å². The van der Waals surface area contributed by atoms with Crippen molar-refractivity contribution in [2.24, 2.45) is 0 Å². The molecule has 0 N–H and O–H groups in total. The van der Waals surface area contributed by atoms with Crippen molar-refractivity contribution in [1.82, 2.24) is 0 Å². The standard InChI is InChI=1S/C8H14S4/c1-3-9-11-7-5-6-8-12-10-4-2/h3-5,7H2,1-2H3. The molecule has 12 heavy (non-hydrogen) atoms. The molecule has 0 aromatic heterocycles. The van der Waals surface area contributed by atoms with Gasteiger partial charge in [0.15, 0.2) is 0 Å². The molecular formula is C8H14S4. The third-order valence-corrected chi connectivity index (χ3v) is 5.17. The molecule has 0 heterocycles. The average Bonchev–Trinajstić information content (AvgIpc) is 2.10. The fourth-order valence-electron chi connectivity index (χ4n) is 0.404. The second kappa shape index (κ2) is 12.0. The van der Waals surface area contributed by atoms with Gasteiger partial charge in [0, 0.05) is 23.7 Å². The highest BCUT2D eigenvalue weighted by Gasteiger charge is 1.84. The SMILES string of the molecule is CCSSC#CCCSSCC. The van der Waals surface area contributed by atoms with Crippen LogP contribution in [0.3, 0.4) is 0 Å². The molecular weight excluding hydrogens is 224 g/mol. The second-order valence-electron chi connectivity index (χ2n) is 1.75. The smallest absolute Gasteiger partial charge is 0.0197 e. The van der Waals surface area contributed by atoms with E-state index in [4.69, 9.17) is 0 Å². The monoisotopic (exact) mass is 238 g/mol. The van der Waals surface area contributed by atoms with Gasteiger partial charge in [0.1, 0.15) is 0 Å². The fourth-order valence-corrected chi connectivity index (χ4v) is 3.02. The lowest BCUT2D eigenvalue weighted by Gasteiger charge is -1.91. The van der Waals surface area contributed by atoms with Crippen LogP contribution in [0.5, 0.6) is 0 Å². The van der Waals surface area contributed by atoms with E-state index in [0.29, 0.717) is 0 Å². The lowest BCUT2D eigenvalue weighted by atomic mass is 10.5. The summed E-state index contributed by atoms with van der Waals surface area (Å²) >= 11 is 0. The summed E-state index contributed by atoms with van der Waals surface area (Å²) in [5, 5.41) is 3.07. The van der Waals surface area contributed by atoms with Crippen molar-refractivity contribution in [3.05, 3.63) is 0 Å². The summed E-state index contributed by atoms with van der Waals surface area (Å²) in [6, 6.07) is 0. The van der Waals surface area contributed by atoms with Crippen LogP contribution in [0, 0.1) is 11.2 Å². The first-order valence-corrected chi connectivity index (χ1v) is 8.73. The van der Waals surface area contributed by atoms with Gasteiger partial charge in [0.05, 0.1) is 0 Å². The molecule has 0 fully saturated rings. The summed E-state index contributed by atoms with van der Waals surface area (Å²) in [4.78, 5) is 0. The van der Waals surface area contributed by atoms with Gasteiger partial charge in [-0.2, -0.15) is 0 Å². The summed E-state index contributed by atoms with van der Waals surface area (Å²) in [6.07, 6.45) is 1.02. The number of hydrogen-bond acceptors (Lipinski definition) is 4. The van der Waals surface area contributed by atoms with Crippen LogP contribution >= 0.6 is 43.2 Å². The molecule has 0 nitrogen and oxygen atoms in total. The highest BCUT2D eigenvalue weighted by Crippen LogP contribution is 2.21. The lowest BCUT2D eigenvalue weighted by Crippen LogP contribution is -1.71. The molecule has 0 atom stereocenters. The molecule has 0 rings (SSSR count). The molecule has 0 bridgehead atoms. The molecule has 0 aliphatic carbocycles. The van der Waals surface area contributed by atoms with Gasteiger partial charge >= 0.3 is 0 Å². The van der Waals surface area contributed by atoms with Gasteiger partial charge in [-0.3, -0.25) is 0 Å². The van der Waals surface area contributed by atoms with Crippen molar-refractivity contribution in [3.8, 4) is 11.2 Å². The van der Waals surface area contributed by atoms with Gasteiger partial charge in [-0.1, -0.05) is 52.1 Å². The van der Waals surface area contributed by atoms with E-state index in [0.717, 1.165) is 17.9 Å². The lowest BCUT2D eigenvalue weighted by molar-refractivity contribution is 1.31. The minimum atomic E-state index is 1.02. The van der Waals surface area contributed by atoms with Crippen LogP contribution in [0.1, 0.15) is 20.3 Å². The van der Waals surface area contributed by atoms with Crippen LogP contribution in [-0.2, 0) is 0 Å². The van der Waals surface area contributed by atoms with E-state index in [1.54, 1.807) is 10.8 Å². The van der Waals surface area contributed by atoms with E-state index in [1.165, 1.54) is 5.75 Å². The molecule has 0 aliphatic rings. The Balaban J connectivity index is 2.99. The van der Waals surface area contributed by atoms with Crippen molar-refractivity contribution >= 4 is 43.2 Å². The van der Waals surface area contributed by atoms with Gasteiger partial charge in [0.2, 0.25) is 0 Å². The predicted molar refractivity (Wildman–Crippen MR) is 68.7 cm³/mol. The van der Waals surface area contributed by atoms with Gasteiger partial charge < -0.3 is 0 Å². The molecule has 0 aliphatic heterocycles. The Kier molecular flexibility index (Phi) is 12.9. The van der Waals surface area contributed by atoms with Crippen LogP contribution in [-0.4, -0.2) is 17.3 Å². The van der Waals surface area contributed by atoms with E-state index in [1.807, 2.05) is 32.4 Å². The van der Waals surface area contributed by atoms with Crippen molar-refractivity contribution in [3.63, 3.8) is 0 Å². The molecule has 0 amide bonds. The van der Waals surface area contributed by atoms with E-state index >= 15 is 0 Å². The molecule has 0 saturated carbocycles. The zero-order valence-corrected chi connectivity index (χ0v) is 10.7. The van der Waals surface area contributed by atoms with Crippen LogP contribution in [0.4, 0.5) is 0 Å². The summed E-state index contributed by atoms with van der Waals surface area (Å²) in [5.41, 5.74) is 0. The molecule has 0 aromatic rings. The van der Waals surface area contributed by atoms with E-state index < -0.39 is 0 Å². The Labute approximate surface area is 91.6 Å². The minimum Gasteiger partial charge on any atom is -0.0944 e. The summed E-state index contributed by atoms with van der Waals surface area (Å²) in [7, 11) is 7.29. The van der Waals surface area contributed by atoms with Crippen molar-refractivity contribution in [1.29, 1.82) is 0 Å². The van der Waals surface area contributed by atoms with Crippen molar-refractivity contribution in [2.45, 2.75) is 20.3 Å². The largest absolute Gasteiger partial charge is 0.0944 e. The summed E-state index contributed by atoms with van der Waals surface area (Å²) in [6.45, 7) is 4.32. The van der Waals surface area contributed by atoms with Crippen LogP contribution in [0.25, 0.3) is 0 Å². The molecule has 4 heteroatoms. The topological polar surface area (TPSA) is 0 Å². The molecule has 0 radical (unpaired) electrons. The Morgan fingerprint density at radius 1 is 1.00 bits per heavy atom. The second-order valence-corrected chi connectivity index (χ2v) is 7.01. The van der Waals surface area contributed by atoms with E-state index in [9.17, 15) is 0 Å². The first kappa shape index (κ1) is 13.0. The maximum atomic E-state index is 3.14. The molecule has 0 spiro atoms. The Hall–Kier alpha value is 0.960. The normalized spacial score (nSPS) is 9.17. The zero-order chi connectivity index (χ0) is 9.07. The number of rotatable bonds is 6. The van der Waals surface area contributed by atoms with Crippen LogP contribution in [0.15, 0.2) is 0 Å². The molecule has 0 unspecified atom stereocenters. The fraction of sp³-hybridized carbons (Fsp3) is 0.750. The highest BCUT2D eigenvalue weighted by atomic mass is 33.1. The average molecular weight is 238 g/mol. The number of hydrogen-bond donors (Lipinski definition) is 0. The summed E-state index contributed by atoms with van der Waals surface area (Å²) < 4.78 is 0. The first-order valence-electron chi connectivity index (χ1n) is 3.92. The van der Waals surface area contributed by atoms with Crippen LogP contribution in [0.2, 0.25) is 0 Å². The van der Waals surface area contributed by atoms with E-state index in [-0.39, 0.29) is 0 Å². The van der Waals surface area contributed by atoms with Gasteiger partial charge in [-0.15, -0.1) is 0 Å². The Morgan fingerprint density at radius 3 is 2.42 bits per heavy atom. The maximum Gasteiger partial charge on any atom is 0.0197 e. The highest BCUT2D eigenvalue weighted by molar-refractivity contribution is 8.78. The quantitative estimate of drug-likeness (QED) is 0.387. The van der Waals surface area contributed by atoms with Gasteiger partial charge in [-0.05, 0) is 16.0 Å². The molecule has 0 aromatic carbocycles.